The summed E-state index contributed by atoms with van der Waals surface area (Å²) in [5, 5.41) is 0. The normalized spacial score (nSPS) is 16.0. The first kappa shape index (κ1) is 21.3. The van der Waals surface area contributed by atoms with Crippen molar-refractivity contribution in [3.8, 4) is 5.75 Å². The lowest BCUT2D eigenvalue weighted by atomic mass is 10.1. The number of aryl methyl sites for hydroxylation is 2. The lowest BCUT2D eigenvalue weighted by Crippen LogP contribution is -2.25. The summed E-state index contributed by atoms with van der Waals surface area (Å²) in [6, 6.07) is 26.3. The number of anilines is 1. The van der Waals surface area contributed by atoms with Crippen molar-refractivity contribution in [2.45, 2.75) is 38.6 Å². The molecule has 0 spiro atoms. The number of aromatic nitrogens is 2. The van der Waals surface area contributed by atoms with Crippen LogP contribution in [0.2, 0.25) is 0 Å². The van der Waals surface area contributed by atoms with Crippen molar-refractivity contribution >= 4 is 22.6 Å². The molecular weight excluding hydrogens is 410 g/mol. The lowest BCUT2D eigenvalue weighted by Gasteiger charge is -2.19. The van der Waals surface area contributed by atoms with Gasteiger partial charge in [0.25, 0.3) is 0 Å². The maximum atomic E-state index is 12.9. The molecule has 1 aliphatic heterocycles. The number of amides is 1. The maximum absolute atomic E-state index is 12.9. The van der Waals surface area contributed by atoms with Crippen molar-refractivity contribution in [3.63, 3.8) is 0 Å². The topological polar surface area (TPSA) is 47.4 Å². The van der Waals surface area contributed by atoms with Gasteiger partial charge in [0, 0.05) is 31.1 Å². The minimum absolute atomic E-state index is 0.0880. The zero-order valence-corrected chi connectivity index (χ0v) is 19.0. The Morgan fingerprint density at radius 2 is 1.70 bits per heavy atom. The van der Waals surface area contributed by atoms with Gasteiger partial charge in [0.2, 0.25) is 5.91 Å². The van der Waals surface area contributed by atoms with Crippen LogP contribution in [0, 0.1) is 6.92 Å². The van der Waals surface area contributed by atoms with Crippen LogP contribution in [0.3, 0.4) is 0 Å². The molecule has 0 aliphatic carbocycles. The third-order valence-electron chi connectivity index (χ3n) is 6.37. The van der Waals surface area contributed by atoms with E-state index in [1.807, 2.05) is 59.5 Å². The summed E-state index contributed by atoms with van der Waals surface area (Å²) in [5.41, 5.74) is 4.26. The number of para-hydroxylation sites is 4. The summed E-state index contributed by atoms with van der Waals surface area (Å²) < 4.78 is 8.17. The van der Waals surface area contributed by atoms with Gasteiger partial charge in [-0.3, -0.25) is 4.79 Å². The number of fused-ring (bicyclic) bond motifs is 1. The molecule has 1 atom stereocenters. The molecule has 5 heteroatoms. The Bertz CT molecular complexity index is 1250. The van der Waals surface area contributed by atoms with Crippen LogP contribution in [0.25, 0.3) is 11.0 Å². The molecule has 0 radical (unpaired) electrons. The summed E-state index contributed by atoms with van der Waals surface area (Å²) in [7, 11) is 0. The van der Waals surface area contributed by atoms with Gasteiger partial charge in [0.15, 0.2) is 0 Å². The molecule has 1 aromatic heterocycles. The maximum Gasteiger partial charge on any atom is 0.227 e. The number of carbonyl (C=O) groups is 1. The first-order valence-electron chi connectivity index (χ1n) is 11.7. The van der Waals surface area contributed by atoms with Crippen molar-refractivity contribution in [2.24, 2.45) is 0 Å². The van der Waals surface area contributed by atoms with E-state index in [4.69, 9.17) is 9.72 Å². The summed E-state index contributed by atoms with van der Waals surface area (Å²) in [6.07, 6.45) is 2.44. The average molecular weight is 440 g/mol. The van der Waals surface area contributed by atoms with Crippen LogP contribution in [-0.4, -0.2) is 28.6 Å². The molecule has 33 heavy (non-hydrogen) atoms. The van der Waals surface area contributed by atoms with Gasteiger partial charge in [-0.05, 0) is 55.7 Å². The number of rotatable bonds is 8. The Balaban J connectivity index is 1.32. The van der Waals surface area contributed by atoms with E-state index in [0.717, 1.165) is 53.2 Å². The molecule has 3 aromatic carbocycles. The van der Waals surface area contributed by atoms with Gasteiger partial charge < -0.3 is 14.2 Å². The fraction of sp³-hybridized carbons (Fsp3) is 0.286. The van der Waals surface area contributed by atoms with Gasteiger partial charge in [-0.2, -0.15) is 0 Å². The minimum atomic E-state index is 0.0880. The first-order valence-corrected chi connectivity index (χ1v) is 11.7. The molecule has 168 valence electrons. The SMILES string of the molecule is Cc1ccccc1N1C[C@H](c2nc3ccccc3n2CCCCOc2ccccc2)CC1=O. The molecule has 0 bridgehead atoms. The number of hydrogen-bond donors (Lipinski definition) is 0. The van der Waals surface area contributed by atoms with E-state index in [0.29, 0.717) is 19.6 Å². The van der Waals surface area contributed by atoms with Crippen LogP contribution in [0.4, 0.5) is 5.69 Å². The third-order valence-corrected chi connectivity index (χ3v) is 6.37. The lowest BCUT2D eigenvalue weighted by molar-refractivity contribution is -0.117. The van der Waals surface area contributed by atoms with Gasteiger partial charge in [-0.15, -0.1) is 0 Å². The summed E-state index contributed by atoms with van der Waals surface area (Å²) >= 11 is 0. The third kappa shape index (κ3) is 4.49. The number of nitrogens with zero attached hydrogens (tertiary/aromatic N) is 3. The van der Waals surface area contributed by atoms with Crippen molar-refractivity contribution in [1.29, 1.82) is 0 Å². The van der Waals surface area contributed by atoms with Crippen LogP contribution in [-0.2, 0) is 11.3 Å². The van der Waals surface area contributed by atoms with Crippen LogP contribution >= 0.6 is 0 Å². The number of benzene rings is 3. The van der Waals surface area contributed by atoms with E-state index in [-0.39, 0.29) is 11.8 Å². The highest BCUT2D eigenvalue weighted by Crippen LogP contribution is 2.34. The van der Waals surface area contributed by atoms with Crippen molar-refractivity contribution in [2.75, 3.05) is 18.1 Å². The standard InChI is InChI=1S/C28H29N3O2/c1-21-11-5-7-15-25(21)31-20-22(19-27(31)32)28-29-24-14-6-8-16-26(24)30(28)17-9-10-18-33-23-12-3-2-4-13-23/h2-8,11-16,22H,9-10,17-20H2,1H3/t22-/m1/s1. The molecule has 4 aromatic rings. The molecule has 0 unspecified atom stereocenters. The fourth-order valence-electron chi connectivity index (χ4n) is 4.70. The van der Waals surface area contributed by atoms with E-state index >= 15 is 0 Å². The molecular formula is C28H29N3O2. The number of imidazole rings is 1. The van der Waals surface area contributed by atoms with Crippen molar-refractivity contribution in [1.82, 2.24) is 9.55 Å². The highest BCUT2D eigenvalue weighted by atomic mass is 16.5. The molecule has 2 heterocycles. The van der Waals surface area contributed by atoms with E-state index in [9.17, 15) is 4.79 Å². The Morgan fingerprint density at radius 1 is 0.939 bits per heavy atom. The number of unbranched alkanes of at least 4 members (excludes halogenated alkanes) is 1. The molecule has 1 saturated heterocycles. The Labute approximate surface area is 194 Å². The summed E-state index contributed by atoms with van der Waals surface area (Å²) in [5.74, 6) is 2.19. The quantitative estimate of drug-likeness (QED) is 0.330. The average Bonchev–Trinajstić information content (AvgIpc) is 3.40. The molecule has 0 saturated carbocycles. The van der Waals surface area contributed by atoms with Gasteiger partial charge >= 0.3 is 0 Å². The highest BCUT2D eigenvalue weighted by molar-refractivity contribution is 5.97. The van der Waals surface area contributed by atoms with Crippen LogP contribution in [0.15, 0.2) is 78.9 Å². The van der Waals surface area contributed by atoms with Gasteiger partial charge in [-0.1, -0.05) is 48.5 Å². The smallest absolute Gasteiger partial charge is 0.227 e. The second-order valence-corrected chi connectivity index (χ2v) is 8.67. The van der Waals surface area contributed by atoms with E-state index < -0.39 is 0 Å². The molecule has 5 nitrogen and oxygen atoms in total. The minimum Gasteiger partial charge on any atom is -0.494 e. The van der Waals surface area contributed by atoms with Gasteiger partial charge in [-0.25, -0.2) is 4.98 Å². The number of ether oxygens (including phenoxy) is 1. The summed E-state index contributed by atoms with van der Waals surface area (Å²) in [4.78, 5) is 19.9. The zero-order chi connectivity index (χ0) is 22.6. The van der Waals surface area contributed by atoms with E-state index in [2.05, 4.69) is 35.8 Å². The Kier molecular flexibility index (Phi) is 6.11. The second-order valence-electron chi connectivity index (χ2n) is 8.67. The molecule has 5 rings (SSSR count). The van der Waals surface area contributed by atoms with Gasteiger partial charge in [0.1, 0.15) is 11.6 Å². The molecule has 1 aliphatic rings. The van der Waals surface area contributed by atoms with Crippen LogP contribution in [0.5, 0.6) is 5.75 Å². The first-order chi connectivity index (χ1) is 16.2. The predicted molar refractivity (Wildman–Crippen MR) is 132 cm³/mol. The predicted octanol–water partition coefficient (Wildman–Crippen LogP) is 5.72. The largest absolute Gasteiger partial charge is 0.494 e. The molecule has 0 N–H and O–H groups in total. The Hall–Kier alpha value is -3.60. The monoisotopic (exact) mass is 439 g/mol. The van der Waals surface area contributed by atoms with Crippen molar-refractivity contribution < 1.29 is 9.53 Å². The zero-order valence-electron chi connectivity index (χ0n) is 19.0. The van der Waals surface area contributed by atoms with Gasteiger partial charge in [0.05, 0.1) is 17.6 Å². The van der Waals surface area contributed by atoms with E-state index in [1.165, 1.54) is 0 Å². The van der Waals surface area contributed by atoms with Crippen LogP contribution < -0.4 is 9.64 Å². The summed E-state index contributed by atoms with van der Waals surface area (Å²) in [6.45, 7) is 4.28. The number of hydrogen-bond acceptors (Lipinski definition) is 3. The van der Waals surface area contributed by atoms with Crippen LogP contribution in [0.1, 0.15) is 36.6 Å². The Morgan fingerprint density at radius 3 is 2.55 bits per heavy atom. The molecule has 1 amide bonds. The molecule has 1 fully saturated rings. The second kappa shape index (κ2) is 9.49. The van der Waals surface area contributed by atoms with Crippen molar-refractivity contribution in [3.05, 3.63) is 90.3 Å². The van der Waals surface area contributed by atoms with E-state index in [1.54, 1.807) is 0 Å². The fourth-order valence-corrected chi connectivity index (χ4v) is 4.70. The highest BCUT2D eigenvalue weighted by Gasteiger charge is 2.35. The number of carbonyl (C=O) groups excluding carboxylic acids is 1.